The van der Waals surface area contributed by atoms with Crippen molar-refractivity contribution in [3.05, 3.63) is 58.4 Å². The molecule has 25 heavy (non-hydrogen) atoms. The summed E-state index contributed by atoms with van der Waals surface area (Å²) in [7, 11) is 0. The third kappa shape index (κ3) is 2.51. The number of aryl methyl sites for hydroxylation is 1. The molecule has 6 nitrogen and oxygen atoms in total. The number of aromatic nitrogens is 4. The van der Waals surface area contributed by atoms with Crippen molar-refractivity contribution in [1.82, 2.24) is 19.6 Å². The maximum absolute atomic E-state index is 5.43. The van der Waals surface area contributed by atoms with Crippen LogP contribution >= 0.6 is 15.9 Å². The fraction of sp³-hybridized carbons (Fsp3) is 0.167. The van der Waals surface area contributed by atoms with Crippen molar-refractivity contribution >= 4 is 33.2 Å². The van der Waals surface area contributed by atoms with E-state index in [1.165, 1.54) is 5.56 Å². The number of rotatable bonds is 3. The van der Waals surface area contributed by atoms with Gasteiger partial charge < -0.3 is 9.73 Å². The van der Waals surface area contributed by atoms with Crippen molar-refractivity contribution in [1.29, 1.82) is 0 Å². The first-order valence-corrected chi connectivity index (χ1v) is 8.92. The zero-order valence-electron chi connectivity index (χ0n) is 13.2. The van der Waals surface area contributed by atoms with E-state index in [-0.39, 0.29) is 0 Å². The Morgan fingerprint density at radius 3 is 2.76 bits per heavy atom. The van der Waals surface area contributed by atoms with Crippen LogP contribution in [0.3, 0.4) is 0 Å². The molecular formula is C18H14BrN5O. The highest BCUT2D eigenvalue weighted by molar-refractivity contribution is 9.10. The Morgan fingerprint density at radius 2 is 1.96 bits per heavy atom. The minimum Gasteiger partial charge on any atom is -0.461 e. The van der Waals surface area contributed by atoms with Gasteiger partial charge in [0.05, 0.1) is 12.0 Å². The van der Waals surface area contributed by atoms with E-state index in [9.17, 15) is 0 Å². The van der Waals surface area contributed by atoms with Crippen LogP contribution in [0.15, 0.2) is 51.6 Å². The fourth-order valence-corrected chi connectivity index (χ4v) is 3.45. The zero-order valence-corrected chi connectivity index (χ0v) is 14.8. The van der Waals surface area contributed by atoms with Gasteiger partial charge in [0.25, 0.3) is 5.78 Å². The lowest BCUT2D eigenvalue weighted by atomic mass is 10.2. The van der Waals surface area contributed by atoms with Crippen molar-refractivity contribution in [3.8, 4) is 11.6 Å². The zero-order chi connectivity index (χ0) is 16.8. The monoisotopic (exact) mass is 395 g/mol. The molecule has 3 aromatic heterocycles. The average molecular weight is 396 g/mol. The summed E-state index contributed by atoms with van der Waals surface area (Å²) < 4.78 is 8.26. The van der Waals surface area contributed by atoms with E-state index in [4.69, 9.17) is 9.40 Å². The van der Waals surface area contributed by atoms with Crippen molar-refractivity contribution in [2.75, 3.05) is 5.32 Å². The Balaban J connectivity index is 1.68. The molecule has 124 valence electrons. The molecule has 0 saturated heterocycles. The summed E-state index contributed by atoms with van der Waals surface area (Å²) >= 11 is 3.47. The van der Waals surface area contributed by atoms with Crippen LogP contribution in [0.1, 0.15) is 17.7 Å². The first-order chi connectivity index (χ1) is 12.3. The molecule has 5 rings (SSSR count). The molecule has 0 amide bonds. The van der Waals surface area contributed by atoms with Crippen molar-refractivity contribution in [3.63, 3.8) is 0 Å². The summed E-state index contributed by atoms with van der Waals surface area (Å²) in [4.78, 5) is 9.25. The first-order valence-electron chi connectivity index (χ1n) is 8.13. The largest absolute Gasteiger partial charge is 0.461 e. The van der Waals surface area contributed by atoms with E-state index in [1.807, 2.05) is 36.4 Å². The highest BCUT2D eigenvalue weighted by Gasteiger charge is 2.23. The van der Waals surface area contributed by atoms with Gasteiger partial charge >= 0.3 is 0 Å². The van der Waals surface area contributed by atoms with E-state index in [0.717, 1.165) is 40.9 Å². The lowest BCUT2D eigenvalue weighted by Gasteiger charge is -2.12. The second-order valence-corrected chi connectivity index (χ2v) is 6.91. The summed E-state index contributed by atoms with van der Waals surface area (Å²) in [6.07, 6.45) is 4.70. The first kappa shape index (κ1) is 14.7. The molecule has 0 atom stereocenters. The van der Waals surface area contributed by atoms with Gasteiger partial charge in [-0.2, -0.15) is 9.50 Å². The minimum atomic E-state index is 0.542. The molecule has 0 radical (unpaired) electrons. The molecule has 1 N–H and O–H groups in total. The van der Waals surface area contributed by atoms with Gasteiger partial charge in [-0.15, -0.1) is 5.10 Å². The van der Waals surface area contributed by atoms with Gasteiger partial charge in [0.2, 0.25) is 5.82 Å². The molecule has 3 heterocycles. The van der Waals surface area contributed by atoms with E-state index in [0.29, 0.717) is 17.4 Å². The number of furan rings is 1. The normalized spacial score (nSPS) is 13.3. The van der Waals surface area contributed by atoms with Gasteiger partial charge in [-0.1, -0.05) is 15.9 Å². The number of hydrogen-bond acceptors (Lipinski definition) is 5. The number of hydrogen-bond donors (Lipinski definition) is 1. The smallest absolute Gasteiger partial charge is 0.255 e. The lowest BCUT2D eigenvalue weighted by Crippen LogP contribution is -2.06. The Hall–Kier alpha value is -2.67. The number of nitrogens with one attached hydrogen (secondary N) is 1. The molecule has 0 fully saturated rings. The van der Waals surface area contributed by atoms with Crippen LogP contribution in [0.5, 0.6) is 0 Å². The molecular weight excluding hydrogens is 382 g/mol. The van der Waals surface area contributed by atoms with E-state index in [1.54, 1.807) is 10.8 Å². The highest BCUT2D eigenvalue weighted by Crippen LogP contribution is 2.31. The van der Waals surface area contributed by atoms with Gasteiger partial charge in [-0.05, 0) is 55.7 Å². The highest BCUT2D eigenvalue weighted by atomic mass is 79.9. The second kappa shape index (κ2) is 5.70. The number of fused-ring (bicyclic) bond motifs is 2. The molecule has 0 saturated carbocycles. The number of halogens is 1. The number of anilines is 2. The SMILES string of the molecule is Brc1ccc(Nc2c3c(nc4nc(-c5ccco5)nn24)CCC3)cc1. The van der Waals surface area contributed by atoms with Crippen molar-refractivity contribution in [2.45, 2.75) is 19.3 Å². The molecule has 7 heteroatoms. The van der Waals surface area contributed by atoms with Crippen molar-refractivity contribution < 1.29 is 4.42 Å². The van der Waals surface area contributed by atoms with Gasteiger partial charge in [-0.25, -0.2) is 4.98 Å². The predicted octanol–water partition coefficient (Wildman–Crippen LogP) is 4.38. The molecule has 1 aliphatic rings. The van der Waals surface area contributed by atoms with Crippen LogP contribution in [-0.2, 0) is 12.8 Å². The van der Waals surface area contributed by atoms with E-state index >= 15 is 0 Å². The van der Waals surface area contributed by atoms with Crippen molar-refractivity contribution in [2.24, 2.45) is 0 Å². The predicted molar refractivity (Wildman–Crippen MR) is 97.9 cm³/mol. The van der Waals surface area contributed by atoms with Crippen LogP contribution in [0.4, 0.5) is 11.5 Å². The summed E-state index contributed by atoms with van der Waals surface area (Å²) in [6, 6.07) is 11.8. The maximum atomic E-state index is 5.43. The minimum absolute atomic E-state index is 0.542. The third-order valence-corrected chi connectivity index (χ3v) is 4.89. The summed E-state index contributed by atoms with van der Waals surface area (Å²) in [5.41, 5.74) is 3.32. The molecule has 1 aliphatic carbocycles. The molecule has 0 unspecified atom stereocenters. The Bertz CT molecular complexity index is 1050. The lowest BCUT2D eigenvalue weighted by molar-refractivity contribution is 0.577. The van der Waals surface area contributed by atoms with Crippen LogP contribution < -0.4 is 5.32 Å². The molecule has 0 aliphatic heterocycles. The van der Waals surface area contributed by atoms with Gasteiger partial charge in [0.1, 0.15) is 5.82 Å². The van der Waals surface area contributed by atoms with Crippen LogP contribution in [-0.4, -0.2) is 19.6 Å². The Kier molecular flexibility index (Phi) is 3.34. The molecule has 1 aromatic carbocycles. The Morgan fingerprint density at radius 1 is 1.08 bits per heavy atom. The van der Waals surface area contributed by atoms with Gasteiger partial charge in [0, 0.05) is 15.7 Å². The quantitative estimate of drug-likeness (QED) is 0.557. The average Bonchev–Trinajstić information content (AvgIpc) is 3.36. The topological polar surface area (TPSA) is 68.2 Å². The van der Waals surface area contributed by atoms with E-state index in [2.05, 4.69) is 31.3 Å². The van der Waals surface area contributed by atoms with Crippen LogP contribution in [0.2, 0.25) is 0 Å². The number of nitrogens with zero attached hydrogens (tertiary/aromatic N) is 4. The summed E-state index contributed by atoms with van der Waals surface area (Å²) in [5.74, 6) is 2.71. The summed E-state index contributed by atoms with van der Waals surface area (Å²) in [5, 5.41) is 8.13. The van der Waals surface area contributed by atoms with Gasteiger partial charge in [-0.3, -0.25) is 0 Å². The summed E-state index contributed by atoms with van der Waals surface area (Å²) in [6.45, 7) is 0. The van der Waals surface area contributed by atoms with E-state index < -0.39 is 0 Å². The fourth-order valence-electron chi connectivity index (χ4n) is 3.19. The maximum Gasteiger partial charge on any atom is 0.255 e. The van der Waals surface area contributed by atoms with Crippen LogP contribution in [0.25, 0.3) is 17.4 Å². The molecule has 0 spiro atoms. The third-order valence-electron chi connectivity index (χ3n) is 4.36. The molecule has 4 aromatic rings. The number of benzene rings is 1. The second-order valence-electron chi connectivity index (χ2n) is 6.00. The standard InChI is InChI=1S/C18H14BrN5O/c19-11-6-8-12(9-7-11)20-17-13-3-1-4-14(13)21-18-22-16(23-24(17)18)15-5-2-10-25-15/h2,5-10,20H,1,3-4H2. The van der Waals surface area contributed by atoms with Gasteiger partial charge in [0.15, 0.2) is 5.76 Å². The van der Waals surface area contributed by atoms with Crippen LogP contribution in [0, 0.1) is 0 Å². The molecule has 0 bridgehead atoms. The Labute approximate surface area is 152 Å².